The lowest BCUT2D eigenvalue weighted by molar-refractivity contribution is 0.0763. The lowest BCUT2D eigenvalue weighted by atomic mass is 10.2. The molecule has 3 heterocycles. The predicted molar refractivity (Wildman–Crippen MR) is 119 cm³/mol. The quantitative estimate of drug-likeness (QED) is 0.551. The van der Waals surface area contributed by atoms with Crippen LogP contribution in [0.5, 0.6) is 0 Å². The van der Waals surface area contributed by atoms with Crippen molar-refractivity contribution >= 4 is 27.5 Å². The molecule has 1 fully saturated rings. The molecule has 1 saturated heterocycles. The normalized spacial score (nSPS) is 15.6. The van der Waals surface area contributed by atoms with Gasteiger partial charge in [-0.1, -0.05) is 16.8 Å². The van der Waals surface area contributed by atoms with E-state index in [1.54, 1.807) is 25.7 Å². The Balaban J connectivity index is 1.56. The summed E-state index contributed by atoms with van der Waals surface area (Å²) >= 11 is 6.50. The second-order valence-corrected chi connectivity index (χ2v) is 10.1. The zero-order valence-corrected chi connectivity index (χ0v) is 20.0. The first kappa shape index (κ1) is 23.4. The van der Waals surface area contributed by atoms with Gasteiger partial charge in [-0.15, -0.1) is 0 Å². The van der Waals surface area contributed by atoms with E-state index in [2.05, 4.69) is 10.3 Å². The predicted octanol–water partition coefficient (Wildman–Crippen LogP) is 3.11. The van der Waals surface area contributed by atoms with Gasteiger partial charge in [-0.3, -0.25) is 4.79 Å². The summed E-state index contributed by atoms with van der Waals surface area (Å²) in [5, 5.41) is 8.21. The Morgan fingerprint density at radius 3 is 2.39 bits per heavy atom. The number of carbonyl (C=O) groups excluding carboxylic acids is 1. The number of hydrogen-bond acceptors (Lipinski definition) is 6. The van der Waals surface area contributed by atoms with Gasteiger partial charge in [-0.25, -0.2) is 17.5 Å². The van der Waals surface area contributed by atoms with Gasteiger partial charge in [0.1, 0.15) is 21.6 Å². The molecule has 9 nitrogen and oxygen atoms in total. The summed E-state index contributed by atoms with van der Waals surface area (Å²) in [5.74, 6) is -0.488. The second kappa shape index (κ2) is 8.88. The molecule has 0 bridgehead atoms. The van der Waals surface area contributed by atoms with E-state index in [9.17, 15) is 17.6 Å². The zero-order valence-electron chi connectivity index (χ0n) is 18.4. The SMILES string of the molecule is Cc1nn(-c2ccc(F)cc2)c(Cl)c1C(=O)N1CCCN(S(=O)(=O)c2c(C)noc2C)CC1. The minimum atomic E-state index is -3.80. The first-order valence-corrected chi connectivity index (χ1v) is 12.2. The third kappa shape index (κ3) is 4.28. The van der Waals surface area contributed by atoms with Crippen LogP contribution < -0.4 is 0 Å². The molecule has 0 N–H and O–H groups in total. The van der Waals surface area contributed by atoms with Crippen LogP contribution in [0.2, 0.25) is 5.15 Å². The Kier molecular flexibility index (Phi) is 6.30. The van der Waals surface area contributed by atoms with Gasteiger partial charge in [0.2, 0.25) is 10.0 Å². The van der Waals surface area contributed by atoms with Crippen LogP contribution in [0.3, 0.4) is 0 Å². The Labute approximate surface area is 195 Å². The zero-order chi connectivity index (χ0) is 23.9. The lowest BCUT2D eigenvalue weighted by Crippen LogP contribution is -2.37. The van der Waals surface area contributed by atoms with Crippen LogP contribution in [-0.4, -0.2) is 64.6 Å². The number of amides is 1. The summed E-state index contributed by atoms with van der Waals surface area (Å²) in [6.45, 7) is 5.76. The second-order valence-electron chi connectivity index (χ2n) is 7.84. The van der Waals surface area contributed by atoms with Crippen LogP contribution in [0.25, 0.3) is 5.69 Å². The van der Waals surface area contributed by atoms with E-state index in [-0.39, 0.29) is 46.9 Å². The first-order valence-electron chi connectivity index (χ1n) is 10.3. The highest BCUT2D eigenvalue weighted by molar-refractivity contribution is 7.89. The summed E-state index contributed by atoms with van der Waals surface area (Å²) in [7, 11) is -3.80. The molecule has 0 saturated carbocycles. The molecule has 0 atom stereocenters. The van der Waals surface area contributed by atoms with Crippen molar-refractivity contribution in [1.82, 2.24) is 24.1 Å². The highest BCUT2D eigenvalue weighted by Gasteiger charge is 2.34. The number of sulfonamides is 1. The summed E-state index contributed by atoms with van der Waals surface area (Å²) < 4.78 is 47.3. The Morgan fingerprint density at radius 2 is 1.76 bits per heavy atom. The fraction of sp³-hybridized carbons (Fsp3) is 0.381. The number of carbonyl (C=O) groups is 1. The number of rotatable bonds is 4. The highest BCUT2D eigenvalue weighted by Crippen LogP contribution is 2.27. The molecular formula is C21H23ClFN5O4S. The van der Waals surface area contributed by atoms with Gasteiger partial charge in [0.05, 0.1) is 16.9 Å². The van der Waals surface area contributed by atoms with E-state index < -0.39 is 15.8 Å². The molecule has 33 heavy (non-hydrogen) atoms. The van der Waals surface area contributed by atoms with E-state index >= 15 is 0 Å². The largest absolute Gasteiger partial charge is 0.360 e. The Hall–Kier alpha value is -2.76. The van der Waals surface area contributed by atoms with Gasteiger partial charge in [0.15, 0.2) is 5.76 Å². The van der Waals surface area contributed by atoms with Gasteiger partial charge < -0.3 is 9.42 Å². The van der Waals surface area contributed by atoms with E-state index in [0.29, 0.717) is 30.0 Å². The number of benzene rings is 1. The van der Waals surface area contributed by atoms with Crippen LogP contribution in [0.4, 0.5) is 4.39 Å². The Bertz CT molecular complexity index is 1280. The number of hydrogen-bond donors (Lipinski definition) is 0. The molecule has 12 heteroatoms. The van der Waals surface area contributed by atoms with Gasteiger partial charge in [0, 0.05) is 26.2 Å². The molecule has 176 valence electrons. The number of aromatic nitrogens is 3. The van der Waals surface area contributed by atoms with Crippen molar-refractivity contribution in [3.63, 3.8) is 0 Å². The van der Waals surface area contributed by atoms with Crippen molar-refractivity contribution in [2.75, 3.05) is 26.2 Å². The van der Waals surface area contributed by atoms with Crippen molar-refractivity contribution in [2.45, 2.75) is 32.1 Å². The van der Waals surface area contributed by atoms with Crippen molar-refractivity contribution in [3.8, 4) is 5.69 Å². The van der Waals surface area contributed by atoms with E-state index in [0.717, 1.165) is 0 Å². The molecule has 1 amide bonds. The molecule has 4 rings (SSSR count). The van der Waals surface area contributed by atoms with Gasteiger partial charge in [-0.2, -0.15) is 9.40 Å². The summed E-state index contributed by atoms with van der Waals surface area (Å²) in [4.78, 5) is 15.0. The minimum absolute atomic E-state index is 0.0711. The van der Waals surface area contributed by atoms with Crippen molar-refractivity contribution in [2.24, 2.45) is 0 Å². The summed E-state index contributed by atoms with van der Waals surface area (Å²) in [5.41, 5.74) is 1.50. The lowest BCUT2D eigenvalue weighted by Gasteiger charge is -2.22. The third-order valence-corrected chi connectivity index (χ3v) is 8.09. The molecule has 0 radical (unpaired) electrons. The van der Waals surface area contributed by atoms with E-state index in [1.165, 1.54) is 33.3 Å². The topological polar surface area (TPSA) is 102 Å². The van der Waals surface area contributed by atoms with Crippen LogP contribution >= 0.6 is 11.6 Å². The molecule has 2 aromatic heterocycles. The molecule has 3 aromatic rings. The minimum Gasteiger partial charge on any atom is -0.360 e. The number of aryl methyl sites for hydroxylation is 3. The number of nitrogens with zero attached hydrogens (tertiary/aromatic N) is 5. The summed E-state index contributed by atoms with van der Waals surface area (Å²) in [6.07, 6.45) is 0.455. The molecule has 1 aliphatic heterocycles. The highest BCUT2D eigenvalue weighted by atomic mass is 35.5. The van der Waals surface area contributed by atoms with E-state index in [1.807, 2.05) is 0 Å². The van der Waals surface area contributed by atoms with Crippen LogP contribution in [0.1, 0.15) is 33.9 Å². The molecule has 0 spiro atoms. The van der Waals surface area contributed by atoms with Crippen LogP contribution in [0.15, 0.2) is 33.7 Å². The maximum Gasteiger partial charge on any atom is 0.258 e. The molecule has 0 aliphatic carbocycles. The molecule has 1 aromatic carbocycles. The van der Waals surface area contributed by atoms with Gasteiger partial charge in [0.25, 0.3) is 5.91 Å². The maximum absolute atomic E-state index is 13.3. The maximum atomic E-state index is 13.3. The average Bonchev–Trinajstić information content (AvgIpc) is 3.13. The van der Waals surface area contributed by atoms with E-state index in [4.69, 9.17) is 16.1 Å². The Morgan fingerprint density at radius 1 is 1.06 bits per heavy atom. The van der Waals surface area contributed by atoms with Crippen molar-refractivity contribution in [1.29, 1.82) is 0 Å². The van der Waals surface area contributed by atoms with Crippen LogP contribution in [0, 0.1) is 26.6 Å². The average molecular weight is 496 g/mol. The fourth-order valence-corrected chi connectivity index (χ4v) is 6.08. The molecule has 1 aliphatic rings. The third-order valence-electron chi connectivity index (χ3n) is 5.60. The standard InChI is InChI=1S/C21H23ClFN5O4S/c1-13-18(20(22)28(24-13)17-7-5-16(23)6-8-17)21(29)26-9-4-10-27(12-11-26)33(30,31)19-14(2)25-32-15(19)3/h5-8H,4,9-12H2,1-3H3. The monoisotopic (exact) mass is 495 g/mol. The number of halogens is 2. The molecular weight excluding hydrogens is 473 g/mol. The van der Waals surface area contributed by atoms with Crippen molar-refractivity contribution in [3.05, 3.63) is 57.9 Å². The smallest absolute Gasteiger partial charge is 0.258 e. The van der Waals surface area contributed by atoms with Gasteiger partial charge >= 0.3 is 0 Å². The first-order chi connectivity index (χ1) is 15.6. The summed E-state index contributed by atoms with van der Waals surface area (Å²) in [6, 6.07) is 5.61. The van der Waals surface area contributed by atoms with Crippen LogP contribution in [-0.2, 0) is 10.0 Å². The molecule has 0 unspecified atom stereocenters. The van der Waals surface area contributed by atoms with Gasteiger partial charge in [-0.05, 0) is 51.5 Å². The van der Waals surface area contributed by atoms with Crippen molar-refractivity contribution < 1.29 is 22.1 Å². The fourth-order valence-electron chi connectivity index (χ4n) is 3.96.